The summed E-state index contributed by atoms with van der Waals surface area (Å²) >= 11 is 6.08. The van der Waals surface area contributed by atoms with Crippen molar-refractivity contribution < 1.29 is 14.3 Å². The van der Waals surface area contributed by atoms with Crippen LogP contribution in [-0.2, 0) is 21.4 Å². The van der Waals surface area contributed by atoms with Crippen molar-refractivity contribution in [3.8, 4) is 0 Å². The SMILES string of the molecule is Cc1nn(C)c(Cl)c1/C=C/C(=O)OC(C)C(=O)NC1CCCC1. The van der Waals surface area contributed by atoms with E-state index in [0.717, 1.165) is 25.7 Å². The summed E-state index contributed by atoms with van der Waals surface area (Å²) in [5.41, 5.74) is 1.38. The number of nitrogens with one attached hydrogen (secondary N) is 1. The Balaban J connectivity index is 1.88. The zero-order valence-electron chi connectivity index (χ0n) is 13.6. The number of ether oxygens (including phenoxy) is 1. The minimum Gasteiger partial charge on any atom is -0.449 e. The molecule has 0 aromatic carbocycles. The molecule has 0 spiro atoms. The van der Waals surface area contributed by atoms with Gasteiger partial charge in [0.05, 0.1) is 5.69 Å². The van der Waals surface area contributed by atoms with Crippen LogP contribution in [-0.4, -0.2) is 33.8 Å². The quantitative estimate of drug-likeness (QED) is 0.660. The molecule has 1 amide bonds. The molecule has 126 valence electrons. The van der Waals surface area contributed by atoms with Crippen molar-refractivity contribution in [2.75, 3.05) is 0 Å². The topological polar surface area (TPSA) is 73.2 Å². The van der Waals surface area contributed by atoms with E-state index in [-0.39, 0.29) is 11.9 Å². The average molecular weight is 340 g/mol. The maximum atomic E-state index is 12.0. The Bertz CT molecular complexity index is 618. The monoisotopic (exact) mass is 339 g/mol. The number of aryl methyl sites for hydroxylation is 2. The number of halogens is 1. The van der Waals surface area contributed by atoms with Crippen LogP contribution in [0.2, 0.25) is 5.15 Å². The van der Waals surface area contributed by atoms with Crippen molar-refractivity contribution in [2.45, 2.75) is 51.7 Å². The number of carbonyl (C=O) groups is 2. The Morgan fingerprint density at radius 3 is 2.65 bits per heavy atom. The smallest absolute Gasteiger partial charge is 0.331 e. The second-order valence-electron chi connectivity index (χ2n) is 5.82. The van der Waals surface area contributed by atoms with E-state index in [1.807, 2.05) is 0 Å². The molecule has 1 heterocycles. The first-order chi connectivity index (χ1) is 10.9. The van der Waals surface area contributed by atoms with Crippen LogP contribution in [0.3, 0.4) is 0 Å². The van der Waals surface area contributed by atoms with E-state index >= 15 is 0 Å². The van der Waals surface area contributed by atoms with Gasteiger partial charge < -0.3 is 10.1 Å². The summed E-state index contributed by atoms with van der Waals surface area (Å²) in [6, 6.07) is 0.205. The van der Waals surface area contributed by atoms with Crippen molar-refractivity contribution in [2.24, 2.45) is 7.05 Å². The van der Waals surface area contributed by atoms with Gasteiger partial charge >= 0.3 is 5.97 Å². The lowest BCUT2D eigenvalue weighted by atomic mass is 10.2. The summed E-state index contributed by atoms with van der Waals surface area (Å²) in [7, 11) is 1.72. The number of carbonyl (C=O) groups excluding carboxylic acids is 2. The maximum absolute atomic E-state index is 12.0. The molecule has 1 aromatic heterocycles. The largest absolute Gasteiger partial charge is 0.449 e. The van der Waals surface area contributed by atoms with E-state index in [9.17, 15) is 9.59 Å². The molecule has 1 fully saturated rings. The Kier molecular flexibility index (Phi) is 5.82. The number of hydrogen-bond acceptors (Lipinski definition) is 4. The second kappa shape index (κ2) is 7.64. The predicted molar refractivity (Wildman–Crippen MR) is 87.9 cm³/mol. The first-order valence-electron chi connectivity index (χ1n) is 7.76. The fraction of sp³-hybridized carbons (Fsp3) is 0.562. The zero-order chi connectivity index (χ0) is 17.0. The van der Waals surface area contributed by atoms with Crippen LogP contribution in [0.5, 0.6) is 0 Å². The third-order valence-corrected chi connectivity index (χ3v) is 4.39. The van der Waals surface area contributed by atoms with Crippen LogP contribution < -0.4 is 5.32 Å². The molecular weight excluding hydrogens is 318 g/mol. The van der Waals surface area contributed by atoms with Crippen LogP contribution in [0.15, 0.2) is 6.08 Å². The Labute approximate surface area is 140 Å². The van der Waals surface area contributed by atoms with E-state index in [2.05, 4.69) is 10.4 Å². The van der Waals surface area contributed by atoms with Crippen molar-refractivity contribution in [3.63, 3.8) is 0 Å². The Morgan fingerprint density at radius 1 is 1.43 bits per heavy atom. The first kappa shape index (κ1) is 17.5. The molecule has 0 saturated heterocycles. The third kappa shape index (κ3) is 4.58. The van der Waals surface area contributed by atoms with Gasteiger partial charge in [0.1, 0.15) is 5.15 Å². The van der Waals surface area contributed by atoms with E-state index in [1.165, 1.54) is 10.8 Å². The standard InChI is InChI=1S/C16H22ClN3O3/c1-10-13(15(17)20(3)19-10)8-9-14(21)23-11(2)16(22)18-12-6-4-5-7-12/h8-9,11-12H,4-7H2,1-3H3,(H,18,22)/b9-8+. The summed E-state index contributed by atoms with van der Waals surface area (Å²) < 4.78 is 6.65. The van der Waals surface area contributed by atoms with Crippen LogP contribution in [0, 0.1) is 6.92 Å². The van der Waals surface area contributed by atoms with Gasteiger partial charge in [-0.05, 0) is 32.8 Å². The van der Waals surface area contributed by atoms with Gasteiger partial charge in [-0.25, -0.2) is 4.79 Å². The summed E-state index contributed by atoms with van der Waals surface area (Å²) in [6.45, 7) is 3.37. The predicted octanol–water partition coefficient (Wildman–Crippen LogP) is 2.39. The average Bonchev–Trinajstić information content (AvgIpc) is 3.07. The lowest BCUT2D eigenvalue weighted by Gasteiger charge is -2.16. The molecule has 2 rings (SSSR count). The van der Waals surface area contributed by atoms with E-state index < -0.39 is 12.1 Å². The van der Waals surface area contributed by atoms with Crippen LogP contribution in [0.4, 0.5) is 0 Å². The fourth-order valence-electron chi connectivity index (χ4n) is 2.64. The van der Waals surface area contributed by atoms with Gasteiger partial charge in [-0.15, -0.1) is 0 Å². The highest BCUT2D eigenvalue weighted by atomic mass is 35.5. The van der Waals surface area contributed by atoms with Gasteiger partial charge in [0.25, 0.3) is 5.91 Å². The Hall–Kier alpha value is -1.82. The van der Waals surface area contributed by atoms with Crippen LogP contribution in [0.25, 0.3) is 6.08 Å². The molecular formula is C16H22ClN3O3. The molecule has 1 N–H and O–H groups in total. The van der Waals surface area contributed by atoms with Crippen LogP contribution >= 0.6 is 11.6 Å². The van der Waals surface area contributed by atoms with Crippen molar-refractivity contribution in [1.29, 1.82) is 0 Å². The molecule has 0 aliphatic heterocycles. The minimum atomic E-state index is -0.821. The van der Waals surface area contributed by atoms with E-state index in [1.54, 1.807) is 27.0 Å². The molecule has 6 nitrogen and oxygen atoms in total. The molecule has 7 heteroatoms. The normalized spacial score (nSPS) is 16.7. The summed E-state index contributed by atoms with van der Waals surface area (Å²) in [5, 5.41) is 7.50. The molecule has 1 aliphatic carbocycles. The molecule has 1 atom stereocenters. The summed E-state index contributed by atoms with van der Waals surface area (Å²) in [6.07, 6.45) is 6.23. The summed E-state index contributed by atoms with van der Waals surface area (Å²) in [5.74, 6) is -0.840. The van der Waals surface area contributed by atoms with Gasteiger partial charge in [0.15, 0.2) is 6.10 Å². The molecule has 0 bridgehead atoms. The van der Waals surface area contributed by atoms with E-state index in [4.69, 9.17) is 16.3 Å². The molecule has 1 saturated carbocycles. The van der Waals surface area contributed by atoms with Gasteiger partial charge in [-0.2, -0.15) is 5.10 Å². The molecule has 1 aliphatic rings. The lowest BCUT2D eigenvalue weighted by Crippen LogP contribution is -2.40. The van der Waals surface area contributed by atoms with E-state index in [0.29, 0.717) is 16.4 Å². The van der Waals surface area contributed by atoms with Gasteiger partial charge in [-0.3, -0.25) is 9.48 Å². The number of nitrogens with zero attached hydrogens (tertiary/aromatic N) is 2. The van der Waals surface area contributed by atoms with Crippen molar-refractivity contribution >= 4 is 29.6 Å². The number of esters is 1. The first-order valence-corrected chi connectivity index (χ1v) is 8.14. The lowest BCUT2D eigenvalue weighted by molar-refractivity contribution is -0.150. The zero-order valence-corrected chi connectivity index (χ0v) is 14.4. The molecule has 0 radical (unpaired) electrons. The van der Waals surface area contributed by atoms with Crippen molar-refractivity contribution in [1.82, 2.24) is 15.1 Å². The van der Waals surface area contributed by atoms with Crippen LogP contribution in [0.1, 0.15) is 43.9 Å². The molecule has 23 heavy (non-hydrogen) atoms. The van der Waals surface area contributed by atoms with Gasteiger partial charge in [0.2, 0.25) is 0 Å². The summed E-state index contributed by atoms with van der Waals surface area (Å²) in [4.78, 5) is 23.8. The molecule has 1 unspecified atom stereocenters. The number of amides is 1. The third-order valence-electron chi connectivity index (χ3n) is 3.95. The maximum Gasteiger partial charge on any atom is 0.331 e. The highest BCUT2D eigenvalue weighted by Gasteiger charge is 2.22. The Morgan fingerprint density at radius 2 is 2.09 bits per heavy atom. The van der Waals surface area contributed by atoms with Gasteiger partial charge in [0, 0.05) is 24.7 Å². The van der Waals surface area contributed by atoms with Crippen molar-refractivity contribution in [3.05, 3.63) is 22.5 Å². The highest BCUT2D eigenvalue weighted by Crippen LogP contribution is 2.20. The number of aromatic nitrogens is 2. The minimum absolute atomic E-state index is 0.205. The number of rotatable bonds is 5. The number of hydrogen-bond donors (Lipinski definition) is 1. The second-order valence-corrected chi connectivity index (χ2v) is 6.17. The highest BCUT2D eigenvalue weighted by molar-refractivity contribution is 6.31. The van der Waals surface area contributed by atoms with Gasteiger partial charge in [-0.1, -0.05) is 24.4 Å². The fourth-order valence-corrected chi connectivity index (χ4v) is 2.88. The molecule has 1 aromatic rings.